The molecule has 0 aliphatic carbocycles. The van der Waals surface area contributed by atoms with E-state index in [-0.39, 0.29) is 11.6 Å². The monoisotopic (exact) mass is 446 g/mol. The van der Waals surface area contributed by atoms with Gasteiger partial charge in [0.05, 0.1) is 47.3 Å². The molecule has 9 heteroatoms. The molecule has 0 saturated heterocycles. The Kier molecular flexibility index (Phi) is 5.85. The molecular weight excluding hydrogens is 430 g/mol. The first-order chi connectivity index (χ1) is 14.5. The number of aliphatic hydroxyl groups is 1. The summed E-state index contributed by atoms with van der Waals surface area (Å²) in [5.41, 5.74) is 3.14. The van der Waals surface area contributed by atoms with Gasteiger partial charge < -0.3 is 9.84 Å². The first-order valence-electron chi connectivity index (χ1n) is 9.17. The van der Waals surface area contributed by atoms with Gasteiger partial charge >= 0.3 is 0 Å². The fourth-order valence-electron chi connectivity index (χ4n) is 3.10. The van der Waals surface area contributed by atoms with E-state index in [2.05, 4.69) is 15.1 Å². The zero-order valence-corrected chi connectivity index (χ0v) is 17.4. The van der Waals surface area contributed by atoms with Gasteiger partial charge in [0.15, 0.2) is 0 Å². The Balaban J connectivity index is 1.63. The lowest BCUT2D eigenvalue weighted by Gasteiger charge is -2.18. The highest BCUT2D eigenvalue weighted by Gasteiger charge is 2.19. The van der Waals surface area contributed by atoms with Crippen LogP contribution in [-0.2, 0) is 6.54 Å². The van der Waals surface area contributed by atoms with E-state index in [1.54, 1.807) is 48.4 Å². The standard InChI is InChI=1S/C21H17Cl2FN4O2/c1-12(20-15(22)3-4-16(24)21(20)23)30-14-2-5-17-18(8-14)27-19(10-25-17)13-9-26-28(11-13)6-7-29/h2-5,8-12,29H,6-7H2,1H3/t12-/m1/s1. The summed E-state index contributed by atoms with van der Waals surface area (Å²) < 4.78 is 21.4. The van der Waals surface area contributed by atoms with E-state index in [4.69, 9.17) is 33.0 Å². The maximum absolute atomic E-state index is 13.8. The Bertz CT molecular complexity index is 1220. The van der Waals surface area contributed by atoms with Gasteiger partial charge in [-0.05, 0) is 31.2 Å². The SMILES string of the molecule is C[C@@H](Oc1ccc2ncc(-c3cnn(CCO)c3)nc2c1)c1c(Cl)ccc(F)c1Cl. The lowest BCUT2D eigenvalue weighted by Crippen LogP contribution is -2.06. The number of benzene rings is 2. The van der Waals surface area contributed by atoms with Crippen molar-refractivity contribution in [1.82, 2.24) is 19.7 Å². The number of hydrogen-bond donors (Lipinski definition) is 1. The minimum atomic E-state index is -0.578. The molecule has 2 heterocycles. The van der Waals surface area contributed by atoms with Crippen molar-refractivity contribution in [3.63, 3.8) is 0 Å². The molecule has 0 amide bonds. The quantitative estimate of drug-likeness (QED) is 0.418. The molecule has 0 aliphatic rings. The van der Waals surface area contributed by atoms with E-state index >= 15 is 0 Å². The minimum absolute atomic E-state index is 0.00273. The van der Waals surface area contributed by atoms with Crippen LogP contribution < -0.4 is 4.74 Å². The number of aliphatic hydroxyl groups excluding tert-OH is 1. The molecule has 1 N–H and O–H groups in total. The van der Waals surface area contributed by atoms with Crippen molar-refractivity contribution in [2.24, 2.45) is 0 Å². The Morgan fingerprint density at radius 3 is 2.80 bits per heavy atom. The van der Waals surface area contributed by atoms with Crippen LogP contribution in [0.25, 0.3) is 22.3 Å². The van der Waals surface area contributed by atoms with E-state index < -0.39 is 11.9 Å². The molecule has 2 aromatic carbocycles. The Labute approximate surface area is 181 Å². The van der Waals surface area contributed by atoms with Crippen molar-refractivity contribution in [3.8, 4) is 17.0 Å². The van der Waals surface area contributed by atoms with Crippen LogP contribution in [0.2, 0.25) is 10.0 Å². The van der Waals surface area contributed by atoms with Crippen LogP contribution in [-0.4, -0.2) is 31.5 Å². The summed E-state index contributed by atoms with van der Waals surface area (Å²) in [6.07, 6.45) is 4.55. The van der Waals surface area contributed by atoms with Gasteiger partial charge in [-0.2, -0.15) is 5.10 Å². The summed E-state index contributed by atoms with van der Waals surface area (Å²) in [6.45, 7) is 2.15. The van der Waals surface area contributed by atoms with E-state index in [1.807, 2.05) is 0 Å². The van der Waals surface area contributed by atoms with Crippen molar-refractivity contribution >= 4 is 34.2 Å². The molecule has 6 nitrogen and oxygen atoms in total. The number of halogens is 3. The van der Waals surface area contributed by atoms with Gasteiger partial charge in [-0.25, -0.2) is 9.37 Å². The summed E-state index contributed by atoms with van der Waals surface area (Å²) in [7, 11) is 0. The van der Waals surface area contributed by atoms with E-state index in [9.17, 15) is 4.39 Å². The van der Waals surface area contributed by atoms with E-state index in [1.165, 1.54) is 12.1 Å². The van der Waals surface area contributed by atoms with Gasteiger partial charge in [0.2, 0.25) is 0 Å². The highest BCUT2D eigenvalue weighted by molar-refractivity contribution is 6.36. The predicted molar refractivity (Wildman–Crippen MR) is 113 cm³/mol. The normalized spacial score (nSPS) is 12.3. The molecule has 4 rings (SSSR count). The Hall–Kier alpha value is -2.74. The Morgan fingerprint density at radius 2 is 2.00 bits per heavy atom. The number of aromatic nitrogens is 4. The van der Waals surface area contributed by atoms with Crippen LogP contribution in [0.1, 0.15) is 18.6 Å². The largest absolute Gasteiger partial charge is 0.486 e. The molecule has 0 aliphatic heterocycles. The molecule has 4 aromatic rings. The van der Waals surface area contributed by atoms with Crippen molar-refractivity contribution in [2.45, 2.75) is 19.6 Å². The van der Waals surface area contributed by atoms with Crippen LogP contribution in [0.4, 0.5) is 4.39 Å². The van der Waals surface area contributed by atoms with Gasteiger partial charge in [-0.3, -0.25) is 9.67 Å². The molecule has 30 heavy (non-hydrogen) atoms. The van der Waals surface area contributed by atoms with Gasteiger partial charge in [0, 0.05) is 28.4 Å². The molecule has 2 aromatic heterocycles. The first kappa shape index (κ1) is 20.5. The molecule has 1 atom stereocenters. The van der Waals surface area contributed by atoms with Gasteiger partial charge in [0.25, 0.3) is 0 Å². The number of rotatable bonds is 6. The van der Waals surface area contributed by atoms with Gasteiger partial charge in [0.1, 0.15) is 17.7 Å². The van der Waals surface area contributed by atoms with Gasteiger partial charge in [-0.1, -0.05) is 23.2 Å². The van der Waals surface area contributed by atoms with E-state index in [0.29, 0.717) is 39.6 Å². The number of hydrogen-bond acceptors (Lipinski definition) is 5. The number of fused-ring (bicyclic) bond motifs is 1. The van der Waals surface area contributed by atoms with Crippen LogP contribution in [0.15, 0.2) is 48.9 Å². The summed E-state index contributed by atoms with van der Waals surface area (Å²) in [6, 6.07) is 7.97. The van der Waals surface area contributed by atoms with Crippen LogP contribution >= 0.6 is 23.2 Å². The third kappa shape index (κ3) is 4.09. The van der Waals surface area contributed by atoms with Crippen molar-refractivity contribution in [3.05, 3.63) is 70.3 Å². The average molecular weight is 447 g/mol. The van der Waals surface area contributed by atoms with E-state index in [0.717, 1.165) is 5.56 Å². The Morgan fingerprint density at radius 1 is 1.17 bits per heavy atom. The van der Waals surface area contributed by atoms with Crippen LogP contribution in [0, 0.1) is 5.82 Å². The molecule has 0 radical (unpaired) electrons. The maximum atomic E-state index is 13.8. The number of nitrogens with zero attached hydrogens (tertiary/aromatic N) is 4. The summed E-state index contributed by atoms with van der Waals surface area (Å²) >= 11 is 12.3. The van der Waals surface area contributed by atoms with Gasteiger partial charge in [-0.15, -0.1) is 0 Å². The molecule has 0 bridgehead atoms. The van der Waals surface area contributed by atoms with Crippen molar-refractivity contribution < 1.29 is 14.2 Å². The lowest BCUT2D eigenvalue weighted by molar-refractivity contribution is 0.227. The average Bonchev–Trinajstić information content (AvgIpc) is 3.19. The molecule has 0 saturated carbocycles. The van der Waals surface area contributed by atoms with Crippen molar-refractivity contribution in [2.75, 3.05) is 6.61 Å². The fraction of sp³-hybridized carbons (Fsp3) is 0.190. The smallest absolute Gasteiger partial charge is 0.142 e. The summed E-state index contributed by atoms with van der Waals surface area (Å²) in [5, 5.41) is 13.5. The first-order valence-corrected chi connectivity index (χ1v) is 9.92. The number of ether oxygens (including phenoxy) is 1. The highest BCUT2D eigenvalue weighted by atomic mass is 35.5. The third-order valence-corrected chi connectivity index (χ3v) is 5.28. The maximum Gasteiger partial charge on any atom is 0.142 e. The summed E-state index contributed by atoms with van der Waals surface area (Å²) in [4.78, 5) is 9.07. The molecular formula is C21H17Cl2FN4O2. The topological polar surface area (TPSA) is 73.1 Å². The second-order valence-electron chi connectivity index (χ2n) is 6.64. The minimum Gasteiger partial charge on any atom is -0.486 e. The molecule has 0 fully saturated rings. The van der Waals surface area contributed by atoms with Crippen molar-refractivity contribution in [1.29, 1.82) is 0 Å². The summed E-state index contributed by atoms with van der Waals surface area (Å²) in [5.74, 6) is -0.0314. The van der Waals surface area contributed by atoms with Crippen LogP contribution in [0.5, 0.6) is 5.75 Å². The second kappa shape index (κ2) is 8.55. The lowest BCUT2D eigenvalue weighted by atomic mass is 10.1. The zero-order valence-electron chi connectivity index (χ0n) is 15.9. The molecule has 154 valence electrons. The highest BCUT2D eigenvalue weighted by Crippen LogP contribution is 2.35. The molecule has 0 unspecified atom stereocenters. The molecule has 0 spiro atoms. The second-order valence-corrected chi connectivity index (χ2v) is 7.42. The van der Waals surface area contributed by atoms with Crippen LogP contribution in [0.3, 0.4) is 0 Å². The zero-order chi connectivity index (χ0) is 21.3. The predicted octanol–water partition coefficient (Wildman–Crippen LogP) is 5.07. The third-order valence-electron chi connectivity index (χ3n) is 4.57. The fourth-order valence-corrected chi connectivity index (χ4v) is 3.78.